The van der Waals surface area contributed by atoms with E-state index in [-0.39, 0.29) is 11.9 Å². The van der Waals surface area contributed by atoms with Crippen LogP contribution in [-0.2, 0) is 4.79 Å². The van der Waals surface area contributed by atoms with Crippen molar-refractivity contribution in [3.05, 3.63) is 24.3 Å². The molecule has 2 saturated heterocycles. The van der Waals surface area contributed by atoms with E-state index in [4.69, 9.17) is 17.0 Å². The number of thiocarbonyl (C=S) groups is 1. The summed E-state index contributed by atoms with van der Waals surface area (Å²) in [6.07, 6.45) is 5.46. The first-order valence-corrected chi connectivity index (χ1v) is 8.98. The number of methoxy groups -OCH3 is 1. The van der Waals surface area contributed by atoms with Gasteiger partial charge in [-0.3, -0.25) is 4.79 Å². The third-order valence-corrected chi connectivity index (χ3v) is 5.27. The predicted octanol–water partition coefficient (Wildman–Crippen LogP) is 2.91. The van der Waals surface area contributed by atoms with Gasteiger partial charge in [-0.25, -0.2) is 0 Å². The summed E-state index contributed by atoms with van der Waals surface area (Å²) >= 11 is 5.69. The van der Waals surface area contributed by atoms with Gasteiger partial charge in [0.1, 0.15) is 5.75 Å². The molecule has 0 saturated carbocycles. The molecule has 6 heteroatoms. The van der Waals surface area contributed by atoms with Crippen LogP contribution in [0, 0.1) is 0 Å². The number of hydrogen-bond acceptors (Lipinski definition) is 3. The van der Waals surface area contributed by atoms with Crippen LogP contribution in [0.1, 0.15) is 39.0 Å². The number of carbonyl (C=O) groups excluding carboxylic acids is 1. The molecule has 2 bridgehead atoms. The van der Waals surface area contributed by atoms with Crippen LogP contribution in [0.5, 0.6) is 5.75 Å². The number of benzene rings is 1. The maximum absolute atomic E-state index is 11.4. The number of piperidine rings is 2. The Kier molecular flexibility index (Phi) is 5.23. The van der Waals surface area contributed by atoms with E-state index in [1.165, 1.54) is 6.42 Å². The van der Waals surface area contributed by atoms with E-state index in [1.807, 2.05) is 24.3 Å². The Hall–Kier alpha value is -1.82. The highest BCUT2D eigenvalue weighted by molar-refractivity contribution is 7.80. The number of rotatable bonds is 3. The lowest BCUT2D eigenvalue weighted by atomic mass is 9.82. The molecule has 2 fully saturated rings. The van der Waals surface area contributed by atoms with Gasteiger partial charge in [-0.05, 0) is 68.6 Å². The zero-order chi connectivity index (χ0) is 17.1. The van der Waals surface area contributed by atoms with E-state index < -0.39 is 0 Å². The standard InChI is InChI=1S/C18H25N3O2S/c1-12(22)19-14-10-15-4-3-5-16(11-14)21(15)18(24)20-13-6-8-17(23-2)9-7-13/h6-9,14-16H,3-5,10-11H2,1-2H3,(H,19,22)(H,20,24)/t14?,15-,16+. The fraction of sp³-hybridized carbons (Fsp3) is 0.556. The molecule has 0 radical (unpaired) electrons. The topological polar surface area (TPSA) is 53.6 Å². The minimum absolute atomic E-state index is 0.0606. The van der Waals surface area contributed by atoms with Crippen molar-refractivity contribution < 1.29 is 9.53 Å². The molecule has 0 spiro atoms. The minimum atomic E-state index is 0.0606. The number of nitrogens with zero attached hydrogens (tertiary/aromatic N) is 1. The zero-order valence-electron chi connectivity index (χ0n) is 14.2. The third kappa shape index (κ3) is 3.80. The molecule has 2 N–H and O–H groups in total. The maximum Gasteiger partial charge on any atom is 0.217 e. The Morgan fingerprint density at radius 3 is 2.38 bits per heavy atom. The first-order valence-electron chi connectivity index (χ1n) is 8.57. The molecule has 130 valence electrons. The van der Waals surface area contributed by atoms with Gasteiger partial charge in [0, 0.05) is 30.7 Å². The van der Waals surface area contributed by atoms with Gasteiger partial charge in [0.05, 0.1) is 7.11 Å². The molecule has 1 unspecified atom stereocenters. The monoisotopic (exact) mass is 347 g/mol. The summed E-state index contributed by atoms with van der Waals surface area (Å²) in [5.74, 6) is 0.893. The van der Waals surface area contributed by atoms with Crippen molar-refractivity contribution in [1.29, 1.82) is 0 Å². The second-order valence-corrected chi connectivity index (χ2v) is 7.06. The van der Waals surface area contributed by atoms with Gasteiger partial charge in [0.25, 0.3) is 0 Å². The summed E-state index contributed by atoms with van der Waals surface area (Å²) < 4.78 is 5.19. The van der Waals surface area contributed by atoms with Gasteiger partial charge in [-0.15, -0.1) is 0 Å². The normalized spacial score (nSPS) is 25.8. The van der Waals surface area contributed by atoms with Gasteiger partial charge >= 0.3 is 0 Å². The van der Waals surface area contributed by atoms with E-state index in [2.05, 4.69) is 15.5 Å². The molecule has 1 amide bonds. The SMILES string of the molecule is COc1ccc(NC(=S)N2[C@@H]3CCC[C@H]2CC(NC(C)=O)C3)cc1. The van der Waals surface area contributed by atoms with Crippen LogP contribution in [0.4, 0.5) is 5.69 Å². The molecule has 0 aromatic heterocycles. The summed E-state index contributed by atoms with van der Waals surface area (Å²) in [5, 5.41) is 7.24. The highest BCUT2D eigenvalue weighted by Gasteiger charge is 2.39. The Bertz CT molecular complexity index is 591. The van der Waals surface area contributed by atoms with Crippen molar-refractivity contribution in [2.75, 3.05) is 12.4 Å². The molecule has 2 aliphatic rings. The first-order chi connectivity index (χ1) is 11.6. The number of fused-ring (bicyclic) bond motifs is 2. The van der Waals surface area contributed by atoms with Crippen LogP contribution in [-0.4, -0.2) is 41.2 Å². The van der Waals surface area contributed by atoms with Crippen LogP contribution < -0.4 is 15.4 Å². The molecular weight excluding hydrogens is 322 g/mol. The summed E-state index contributed by atoms with van der Waals surface area (Å²) in [6.45, 7) is 1.60. The zero-order valence-corrected chi connectivity index (χ0v) is 15.1. The fourth-order valence-corrected chi connectivity index (χ4v) is 4.40. The maximum atomic E-state index is 11.4. The molecule has 1 aromatic carbocycles. The Morgan fingerprint density at radius 1 is 1.21 bits per heavy atom. The minimum Gasteiger partial charge on any atom is -0.497 e. The molecular formula is C18H25N3O2S. The number of anilines is 1. The van der Waals surface area contributed by atoms with Crippen LogP contribution in [0.15, 0.2) is 24.3 Å². The Balaban J connectivity index is 1.66. The highest BCUT2D eigenvalue weighted by Crippen LogP contribution is 2.34. The number of amides is 1. The number of hydrogen-bond donors (Lipinski definition) is 2. The van der Waals surface area contributed by atoms with E-state index in [0.717, 1.165) is 42.2 Å². The lowest BCUT2D eigenvalue weighted by Crippen LogP contribution is -2.59. The van der Waals surface area contributed by atoms with Gasteiger partial charge in [-0.1, -0.05) is 0 Å². The Morgan fingerprint density at radius 2 is 1.83 bits per heavy atom. The average Bonchev–Trinajstić information content (AvgIpc) is 2.54. The molecule has 0 aliphatic carbocycles. The fourth-order valence-electron chi connectivity index (χ4n) is 3.98. The molecule has 2 aliphatic heterocycles. The summed E-state index contributed by atoms with van der Waals surface area (Å²) in [7, 11) is 1.66. The molecule has 5 nitrogen and oxygen atoms in total. The predicted molar refractivity (Wildman–Crippen MR) is 99.3 cm³/mol. The highest BCUT2D eigenvalue weighted by atomic mass is 32.1. The molecule has 2 heterocycles. The van der Waals surface area contributed by atoms with Crippen LogP contribution in [0.3, 0.4) is 0 Å². The van der Waals surface area contributed by atoms with Gasteiger partial charge < -0.3 is 20.3 Å². The molecule has 24 heavy (non-hydrogen) atoms. The van der Waals surface area contributed by atoms with Crippen molar-refractivity contribution in [2.24, 2.45) is 0 Å². The first kappa shape index (κ1) is 17.0. The van der Waals surface area contributed by atoms with Gasteiger partial charge in [0.15, 0.2) is 5.11 Å². The van der Waals surface area contributed by atoms with Crippen molar-refractivity contribution in [1.82, 2.24) is 10.2 Å². The summed E-state index contributed by atoms with van der Waals surface area (Å²) in [4.78, 5) is 13.7. The smallest absolute Gasteiger partial charge is 0.217 e. The van der Waals surface area contributed by atoms with E-state index in [9.17, 15) is 4.79 Å². The second kappa shape index (κ2) is 7.38. The molecule has 3 rings (SSSR count). The number of carbonyl (C=O) groups is 1. The lowest BCUT2D eigenvalue weighted by molar-refractivity contribution is -0.120. The van der Waals surface area contributed by atoms with Gasteiger partial charge in [-0.2, -0.15) is 0 Å². The van der Waals surface area contributed by atoms with Crippen LogP contribution >= 0.6 is 12.2 Å². The summed E-state index contributed by atoms with van der Waals surface area (Å²) in [5.41, 5.74) is 0.975. The van der Waals surface area contributed by atoms with Gasteiger partial charge in [0.2, 0.25) is 5.91 Å². The quantitative estimate of drug-likeness (QED) is 0.824. The van der Waals surface area contributed by atoms with E-state index in [0.29, 0.717) is 12.1 Å². The number of nitrogens with one attached hydrogen (secondary N) is 2. The van der Waals surface area contributed by atoms with Crippen LogP contribution in [0.25, 0.3) is 0 Å². The average molecular weight is 347 g/mol. The molecule has 1 aromatic rings. The van der Waals surface area contributed by atoms with Crippen molar-refractivity contribution in [3.63, 3.8) is 0 Å². The number of ether oxygens (including phenoxy) is 1. The lowest BCUT2D eigenvalue weighted by Gasteiger charge is -2.50. The Labute approximate surface area is 148 Å². The van der Waals surface area contributed by atoms with Crippen molar-refractivity contribution in [3.8, 4) is 5.75 Å². The third-order valence-electron chi connectivity index (χ3n) is 4.96. The van der Waals surface area contributed by atoms with Crippen molar-refractivity contribution >= 4 is 28.9 Å². The van der Waals surface area contributed by atoms with E-state index in [1.54, 1.807) is 14.0 Å². The summed E-state index contributed by atoms with van der Waals surface area (Å²) in [6, 6.07) is 8.90. The van der Waals surface area contributed by atoms with Crippen molar-refractivity contribution in [2.45, 2.75) is 57.2 Å². The second-order valence-electron chi connectivity index (χ2n) is 6.67. The molecule has 3 atom stereocenters. The van der Waals surface area contributed by atoms with Crippen LogP contribution in [0.2, 0.25) is 0 Å². The van der Waals surface area contributed by atoms with E-state index >= 15 is 0 Å². The largest absolute Gasteiger partial charge is 0.497 e.